The quantitative estimate of drug-likeness (QED) is 0.686. The smallest absolute Gasteiger partial charge is 0.408 e. The molecule has 0 aromatic carbocycles. The van der Waals surface area contributed by atoms with Crippen molar-refractivity contribution in [3.05, 3.63) is 47.3 Å². The van der Waals surface area contributed by atoms with Crippen LogP contribution in [0, 0.1) is 19.4 Å². The maximum atomic E-state index is 13.2. The van der Waals surface area contributed by atoms with Crippen LogP contribution in [-0.2, 0) is 0 Å². The van der Waals surface area contributed by atoms with Crippen LogP contribution in [0.5, 0.6) is 0 Å². The molecule has 0 unspecified atom stereocenters. The summed E-state index contributed by atoms with van der Waals surface area (Å²) in [5, 5.41) is 2.06. The van der Waals surface area contributed by atoms with Gasteiger partial charge in [0.05, 0.1) is 6.57 Å². The number of hydrogen-bond donors (Lipinski definition) is 1. The Kier molecular flexibility index (Phi) is 4.10. The molecule has 7 nitrogen and oxygen atoms in total. The number of rotatable bonds is 4. The van der Waals surface area contributed by atoms with Crippen molar-refractivity contribution in [1.82, 2.24) is 19.7 Å². The third kappa shape index (κ3) is 3.19. The molecular formula is C18H14F3N5O2. The second-order valence-electron chi connectivity index (χ2n) is 6.65. The van der Waals surface area contributed by atoms with E-state index in [0.29, 0.717) is 30.0 Å². The lowest BCUT2D eigenvalue weighted by molar-refractivity contribution is -0.158. The van der Waals surface area contributed by atoms with Gasteiger partial charge in [-0.15, -0.1) is 0 Å². The van der Waals surface area contributed by atoms with Gasteiger partial charge in [-0.05, 0) is 43.9 Å². The van der Waals surface area contributed by atoms with Crippen molar-refractivity contribution < 1.29 is 22.4 Å². The molecule has 0 saturated heterocycles. The van der Waals surface area contributed by atoms with Crippen LogP contribution in [0.15, 0.2) is 28.9 Å². The predicted octanol–water partition coefficient (Wildman–Crippen LogP) is 3.92. The van der Waals surface area contributed by atoms with E-state index >= 15 is 0 Å². The molecule has 0 radical (unpaired) electrons. The van der Waals surface area contributed by atoms with Gasteiger partial charge in [0.2, 0.25) is 0 Å². The van der Waals surface area contributed by atoms with Gasteiger partial charge in [0.1, 0.15) is 23.8 Å². The summed E-state index contributed by atoms with van der Waals surface area (Å²) >= 11 is 0. The molecule has 0 spiro atoms. The van der Waals surface area contributed by atoms with E-state index in [9.17, 15) is 18.0 Å². The fourth-order valence-electron chi connectivity index (χ4n) is 3.04. The van der Waals surface area contributed by atoms with Crippen LogP contribution in [0.4, 0.5) is 19.1 Å². The van der Waals surface area contributed by atoms with Crippen molar-refractivity contribution in [2.24, 2.45) is 5.92 Å². The molecule has 3 heterocycles. The number of furan rings is 1. The zero-order chi connectivity index (χ0) is 20.1. The Morgan fingerprint density at radius 2 is 2.18 bits per heavy atom. The van der Waals surface area contributed by atoms with Crippen LogP contribution in [0.3, 0.4) is 0 Å². The number of aromatic nitrogens is 3. The lowest BCUT2D eigenvalue weighted by Gasteiger charge is -2.20. The normalized spacial score (nSPS) is 15.4. The molecule has 1 aliphatic carbocycles. The van der Waals surface area contributed by atoms with Crippen molar-refractivity contribution in [1.29, 1.82) is 0 Å². The molecule has 1 aliphatic rings. The minimum atomic E-state index is -4.52. The van der Waals surface area contributed by atoms with Crippen LogP contribution in [-0.4, -0.2) is 32.5 Å². The second kappa shape index (κ2) is 6.37. The summed E-state index contributed by atoms with van der Waals surface area (Å²) in [7, 11) is 0. The van der Waals surface area contributed by atoms with Gasteiger partial charge in [0.25, 0.3) is 5.91 Å². The standard InChI is InChI=1S/C18H14F3N5O2/c1-9-7-11(12-5-6-13(22-2)28-12)24-16-14(23-8-26(9)16)17(27)25-15(10-3-4-10)18(19,20)21/h5-8,10,15H,3-4H2,1H3,(H,25,27)/t15-/m0/s1. The first kappa shape index (κ1) is 18.0. The van der Waals surface area contributed by atoms with E-state index in [1.807, 2.05) is 0 Å². The average Bonchev–Trinajstić information content (AvgIpc) is 3.18. The Bertz CT molecular complexity index is 1100. The SMILES string of the molecule is [C-]#[N+]c1ccc(-c2cc(C)n3cnc(C(=O)N[C@@H](C4CC4)C(F)(F)F)c3n2)o1. The first-order valence-electron chi connectivity index (χ1n) is 8.48. The maximum absolute atomic E-state index is 13.2. The Morgan fingerprint density at radius 1 is 1.43 bits per heavy atom. The average molecular weight is 389 g/mol. The van der Waals surface area contributed by atoms with Gasteiger partial charge in [-0.25, -0.2) is 9.97 Å². The summed E-state index contributed by atoms with van der Waals surface area (Å²) in [6.07, 6.45) is -2.33. The molecule has 1 fully saturated rings. The van der Waals surface area contributed by atoms with E-state index in [0.717, 1.165) is 0 Å². The Labute approximate surface area is 157 Å². The van der Waals surface area contributed by atoms with Crippen molar-refractivity contribution >= 4 is 17.4 Å². The number of aryl methyl sites for hydroxylation is 1. The first-order chi connectivity index (χ1) is 13.3. The highest BCUT2D eigenvalue weighted by Gasteiger charge is 2.50. The fraction of sp³-hybridized carbons (Fsp3) is 0.333. The molecule has 10 heteroatoms. The molecule has 28 heavy (non-hydrogen) atoms. The number of nitrogens with one attached hydrogen (secondary N) is 1. The third-order valence-electron chi connectivity index (χ3n) is 4.60. The molecule has 3 aromatic heterocycles. The number of fused-ring (bicyclic) bond motifs is 1. The van der Waals surface area contributed by atoms with Crippen molar-refractivity contribution in [3.63, 3.8) is 0 Å². The van der Waals surface area contributed by atoms with Gasteiger partial charge >= 0.3 is 12.1 Å². The van der Waals surface area contributed by atoms with Crippen molar-refractivity contribution in [2.75, 3.05) is 0 Å². The largest absolute Gasteiger partial charge is 0.478 e. The second-order valence-corrected chi connectivity index (χ2v) is 6.65. The molecule has 144 valence electrons. The van der Waals surface area contributed by atoms with Gasteiger partial charge in [-0.2, -0.15) is 18.0 Å². The number of imidazole rings is 1. The number of amides is 1. The van der Waals surface area contributed by atoms with Gasteiger partial charge in [0, 0.05) is 5.69 Å². The lowest BCUT2D eigenvalue weighted by Crippen LogP contribution is -2.47. The summed E-state index contributed by atoms with van der Waals surface area (Å²) in [5.74, 6) is -1.13. The first-order valence-corrected chi connectivity index (χ1v) is 8.48. The van der Waals surface area contributed by atoms with Gasteiger partial charge in [0.15, 0.2) is 11.3 Å². The fourth-order valence-corrected chi connectivity index (χ4v) is 3.04. The topological polar surface area (TPSA) is 76.8 Å². The number of nitrogens with zero attached hydrogens (tertiary/aromatic N) is 4. The minimum Gasteiger partial charge on any atom is -0.478 e. The summed E-state index contributed by atoms with van der Waals surface area (Å²) in [6, 6.07) is 2.82. The van der Waals surface area contributed by atoms with Crippen molar-refractivity contribution in [2.45, 2.75) is 32.0 Å². The maximum Gasteiger partial charge on any atom is 0.408 e. The monoisotopic (exact) mass is 389 g/mol. The molecule has 1 N–H and O–H groups in total. The molecule has 3 aromatic rings. The van der Waals surface area contributed by atoms with Crippen LogP contribution >= 0.6 is 0 Å². The number of carbonyl (C=O) groups excluding carboxylic acids is 1. The number of hydrogen-bond acceptors (Lipinski definition) is 4. The lowest BCUT2D eigenvalue weighted by atomic mass is 10.1. The van der Waals surface area contributed by atoms with Crippen LogP contribution in [0.25, 0.3) is 21.9 Å². The molecular weight excluding hydrogens is 375 g/mol. The van der Waals surface area contributed by atoms with Gasteiger partial charge in [-0.1, -0.05) is 0 Å². The van der Waals surface area contributed by atoms with Crippen LogP contribution in [0.1, 0.15) is 29.0 Å². The Morgan fingerprint density at radius 3 is 2.79 bits per heavy atom. The van der Waals surface area contributed by atoms with Crippen molar-refractivity contribution in [3.8, 4) is 11.5 Å². The van der Waals surface area contributed by atoms with Crippen LogP contribution in [0.2, 0.25) is 0 Å². The third-order valence-corrected chi connectivity index (χ3v) is 4.60. The van der Waals surface area contributed by atoms with Gasteiger partial charge in [-0.3, -0.25) is 9.20 Å². The van der Waals surface area contributed by atoms with E-state index in [4.69, 9.17) is 11.0 Å². The molecule has 1 amide bonds. The number of carbonyl (C=O) groups is 1. The minimum absolute atomic E-state index is 0.0817. The highest BCUT2D eigenvalue weighted by Crippen LogP contribution is 2.40. The highest BCUT2D eigenvalue weighted by atomic mass is 19.4. The number of halogens is 3. The van der Waals surface area contributed by atoms with E-state index in [-0.39, 0.29) is 17.2 Å². The zero-order valence-corrected chi connectivity index (χ0v) is 14.6. The van der Waals surface area contributed by atoms with Crippen LogP contribution < -0.4 is 5.32 Å². The summed E-state index contributed by atoms with van der Waals surface area (Å²) in [6.45, 7) is 8.70. The van der Waals surface area contributed by atoms with E-state index in [2.05, 4.69) is 20.1 Å². The van der Waals surface area contributed by atoms with E-state index < -0.39 is 24.0 Å². The summed E-state index contributed by atoms with van der Waals surface area (Å²) < 4.78 is 46.5. The Balaban J connectivity index is 1.71. The van der Waals surface area contributed by atoms with Gasteiger partial charge < -0.3 is 9.73 Å². The Hall–Kier alpha value is -3.35. The van der Waals surface area contributed by atoms with E-state index in [1.54, 1.807) is 19.1 Å². The molecule has 1 saturated carbocycles. The highest BCUT2D eigenvalue weighted by molar-refractivity contribution is 5.98. The molecule has 1 atom stereocenters. The molecule has 4 rings (SSSR count). The molecule has 0 aliphatic heterocycles. The summed E-state index contributed by atoms with van der Waals surface area (Å²) in [4.78, 5) is 24.0. The summed E-state index contributed by atoms with van der Waals surface area (Å²) in [5.41, 5.74) is 0.924. The predicted molar refractivity (Wildman–Crippen MR) is 91.7 cm³/mol. The number of alkyl halides is 3. The zero-order valence-electron chi connectivity index (χ0n) is 14.6. The van der Waals surface area contributed by atoms with E-state index in [1.165, 1.54) is 16.8 Å². The molecule has 0 bridgehead atoms.